The second-order valence-corrected chi connectivity index (χ2v) is 6.35. The molecule has 0 aliphatic carbocycles. The summed E-state index contributed by atoms with van der Waals surface area (Å²) < 4.78 is 5.52. The van der Waals surface area contributed by atoms with E-state index in [9.17, 15) is 4.79 Å². The lowest BCUT2D eigenvalue weighted by Gasteiger charge is -2.36. The fourth-order valence-corrected chi connectivity index (χ4v) is 3.25. The Kier molecular flexibility index (Phi) is 5.88. The number of rotatable bonds is 6. The molecule has 5 nitrogen and oxygen atoms in total. The molecular formula is C18H27N3O2. The Balaban J connectivity index is 1.32. The highest BCUT2D eigenvalue weighted by molar-refractivity contribution is 5.76. The first-order valence-corrected chi connectivity index (χ1v) is 8.72. The topological polar surface area (TPSA) is 44.8 Å². The summed E-state index contributed by atoms with van der Waals surface area (Å²) in [5.74, 6) is 0.144. The molecule has 0 aromatic heterocycles. The molecule has 1 atom stereocenters. The summed E-state index contributed by atoms with van der Waals surface area (Å²) in [7, 11) is 0. The van der Waals surface area contributed by atoms with Crippen LogP contribution in [0.25, 0.3) is 0 Å². The average Bonchev–Trinajstić information content (AvgIpc) is 3.13. The minimum Gasteiger partial charge on any atom is -0.376 e. The zero-order chi connectivity index (χ0) is 15.9. The molecule has 2 heterocycles. The van der Waals surface area contributed by atoms with Gasteiger partial charge < -0.3 is 15.0 Å². The highest BCUT2D eigenvalue weighted by Gasteiger charge is 2.19. The van der Waals surface area contributed by atoms with Crippen molar-refractivity contribution in [1.29, 1.82) is 0 Å². The van der Waals surface area contributed by atoms with Crippen LogP contribution in [0.2, 0.25) is 0 Å². The van der Waals surface area contributed by atoms with Crippen molar-refractivity contribution in [3.05, 3.63) is 30.3 Å². The number of piperazine rings is 1. The van der Waals surface area contributed by atoms with Crippen molar-refractivity contribution in [3.8, 4) is 0 Å². The van der Waals surface area contributed by atoms with Gasteiger partial charge in [-0.15, -0.1) is 0 Å². The average molecular weight is 317 g/mol. The lowest BCUT2D eigenvalue weighted by Crippen LogP contribution is -2.47. The fraction of sp³-hybridized carbons (Fsp3) is 0.611. The van der Waals surface area contributed by atoms with Crippen molar-refractivity contribution in [2.75, 3.05) is 50.8 Å². The van der Waals surface area contributed by atoms with Crippen molar-refractivity contribution in [2.24, 2.45) is 0 Å². The molecule has 1 N–H and O–H groups in total. The Hall–Kier alpha value is -1.59. The summed E-state index contributed by atoms with van der Waals surface area (Å²) in [5, 5.41) is 3.00. The summed E-state index contributed by atoms with van der Waals surface area (Å²) >= 11 is 0. The third-order valence-electron chi connectivity index (χ3n) is 4.70. The molecule has 23 heavy (non-hydrogen) atoms. The second-order valence-electron chi connectivity index (χ2n) is 6.35. The Morgan fingerprint density at radius 1 is 1.17 bits per heavy atom. The minimum atomic E-state index is 0.144. The maximum atomic E-state index is 11.9. The van der Waals surface area contributed by atoms with Gasteiger partial charge in [0.15, 0.2) is 0 Å². The van der Waals surface area contributed by atoms with Gasteiger partial charge in [0, 0.05) is 58.0 Å². The van der Waals surface area contributed by atoms with Crippen molar-refractivity contribution in [3.63, 3.8) is 0 Å². The van der Waals surface area contributed by atoms with Gasteiger partial charge in [0.2, 0.25) is 5.91 Å². The van der Waals surface area contributed by atoms with Crippen molar-refractivity contribution in [1.82, 2.24) is 10.2 Å². The molecule has 0 radical (unpaired) electrons. The van der Waals surface area contributed by atoms with Gasteiger partial charge >= 0.3 is 0 Å². The van der Waals surface area contributed by atoms with Gasteiger partial charge in [-0.25, -0.2) is 0 Å². The van der Waals surface area contributed by atoms with E-state index in [1.54, 1.807) is 0 Å². The number of benzene rings is 1. The van der Waals surface area contributed by atoms with Crippen LogP contribution in [0, 0.1) is 0 Å². The number of amides is 1. The van der Waals surface area contributed by atoms with E-state index >= 15 is 0 Å². The van der Waals surface area contributed by atoms with Crippen molar-refractivity contribution in [2.45, 2.75) is 25.4 Å². The van der Waals surface area contributed by atoms with Crippen molar-refractivity contribution < 1.29 is 9.53 Å². The van der Waals surface area contributed by atoms with E-state index in [2.05, 4.69) is 45.4 Å². The largest absolute Gasteiger partial charge is 0.376 e. The highest BCUT2D eigenvalue weighted by Crippen LogP contribution is 2.15. The van der Waals surface area contributed by atoms with Gasteiger partial charge in [0.25, 0.3) is 0 Å². The Morgan fingerprint density at radius 3 is 2.65 bits per heavy atom. The third-order valence-corrected chi connectivity index (χ3v) is 4.70. The van der Waals surface area contributed by atoms with E-state index < -0.39 is 0 Å². The summed E-state index contributed by atoms with van der Waals surface area (Å²) in [5.41, 5.74) is 1.29. The first kappa shape index (κ1) is 16.3. The molecule has 2 fully saturated rings. The lowest BCUT2D eigenvalue weighted by molar-refractivity contribution is -0.121. The molecule has 1 amide bonds. The second kappa shape index (κ2) is 8.31. The molecule has 126 valence electrons. The van der Waals surface area contributed by atoms with Crippen LogP contribution in [0.3, 0.4) is 0 Å². The number of hydrogen-bond acceptors (Lipinski definition) is 4. The highest BCUT2D eigenvalue weighted by atomic mass is 16.5. The number of nitrogens with zero attached hydrogens (tertiary/aromatic N) is 2. The molecule has 0 saturated carbocycles. The first-order valence-electron chi connectivity index (χ1n) is 8.72. The summed E-state index contributed by atoms with van der Waals surface area (Å²) in [4.78, 5) is 16.7. The molecule has 1 aromatic rings. The number of nitrogens with one attached hydrogen (secondary N) is 1. The first-order chi connectivity index (χ1) is 11.3. The number of carbonyl (C=O) groups is 1. The van der Waals surface area contributed by atoms with Gasteiger partial charge in [0.05, 0.1) is 6.10 Å². The molecular weight excluding hydrogens is 290 g/mol. The van der Waals surface area contributed by atoms with Gasteiger partial charge in [-0.05, 0) is 25.0 Å². The maximum Gasteiger partial charge on any atom is 0.221 e. The minimum absolute atomic E-state index is 0.144. The standard InChI is InChI=1S/C18H27N3O2/c22-18(19-15-17-7-4-14-23-17)8-9-20-10-12-21(13-11-20)16-5-2-1-3-6-16/h1-3,5-6,17H,4,7-15H2,(H,19,22). The van der Waals surface area contributed by atoms with E-state index in [1.807, 2.05) is 0 Å². The molecule has 2 saturated heterocycles. The molecule has 0 spiro atoms. The normalized spacial score (nSPS) is 22.3. The van der Waals surface area contributed by atoms with Crippen LogP contribution in [0.5, 0.6) is 0 Å². The SMILES string of the molecule is O=C(CCN1CCN(c2ccccc2)CC1)NCC1CCCO1. The number of carbonyl (C=O) groups excluding carboxylic acids is 1. The zero-order valence-corrected chi connectivity index (χ0v) is 13.7. The number of anilines is 1. The molecule has 2 aliphatic rings. The van der Waals surface area contributed by atoms with Crippen LogP contribution in [-0.4, -0.2) is 62.8 Å². The Bertz CT molecular complexity index is 480. The predicted molar refractivity (Wildman–Crippen MR) is 91.7 cm³/mol. The maximum absolute atomic E-state index is 11.9. The Labute approximate surface area is 138 Å². The van der Waals surface area contributed by atoms with Crippen LogP contribution < -0.4 is 10.2 Å². The van der Waals surface area contributed by atoms with E-state index in [4.69, 9.17) is 4.74 Å². The summed E-state index contributed by atoms with van der Waals surface area (Å²) in [6, 6.07) is 10.5. The van der Waals surface area contributed by atoms with Gasteiger partial charge in [-0.3, -0.25) is 9.69 Å². The predicted octanol–water partition coefficient (Wildman–Crippen LogP) is 1.49. The third kappa shape index (κ3) is 4.94. The van der Waals surface area contributed by atoms with Crippen LogP contribution in [-0.2, 0) is 9.53 Å². The van der Waals surface area contributed by atoms with Crippen LogP contribution >= 0.6 is 0 Å². The van der Waals surface area contributed by atoms with Gasteiger partial charge in [-0.2, -0.15) is 0 Å². The number of hydrogen-bond donors (Lipinski definition) is 1. The van der Waals surface area contributed by atoms with Crippen LogP contribution in [0.4, 0.5) is 5.69 Å². The van der Waals surface area contributed by atoms with Gasteiger partial charge in [-0.1, -0.05) is 18.2 Å². The smallest absolute Gasteiger partial charge is 0.221 e. The fourth-order valence-electron chi connectivity index (χ4n) is 3.25. The van der Waals surface area contributed by atoms with E-state index in [1.165, 1.54) is 5.69 Å². The zero-order valence-electron chi connectivity index (χ0n) is 13.7. The van der Waals surface area contributed by atoms with Crippen molar-refractivity contribution >= 4 is 11.6 Å². The summed E-state index contributed by atoms with van der Waals surface area (Å²) in [6.45, 7) is 6.46. The lowest BCUT2D eigenvalue weighted by atomic mass is 10.2. The molecule has 1 aromatic carbocycles. The monoisotopic (exact) mass is 317 g/mol. The molecule has 1 unspecified atom stereocenters. The van der Waals surface area contributed by atoms with E-state index in [0.717, 1.165) is 52.2 Å². The van der Waals surface area contributed by atoms with Crippen LogP contribution in [0.15, 0.2) is 30.3 Å². The molecule has 3 rings (SSSR count). The van der Waals surface area contributed by atoms with Gasteiger partial charge in [0.1, 0.15) is 0 Å². The molecule has 5 heteroatoms. The number of para-hydroxylation sites is 1. The molecule has 0 bridgehead atoms. The molecule has 2 aliphatic heterocycles. The van der Waals surface area contributed by atoms with Crippen LogP contribution in [0.1, 0.15) is 19.3 Å². The van der Waals surface area contributed by atoms with E-state index in [-0.39, 0.29) is 12.0 Å². The van der Waals surface area contributed by atoms with E-state index in [0.29, 0.717) is 13.0 Å². The Morgan fingerprint density at radius 2 is 1.96 bits per heavy atom. The quantitative estimate of drug-likeness (QED) is 0.863. The summed E-state index contributed by atoms with van der Waals surface area (Å²) in [6.07, 6.45) is 3.00. The number of ether oxygens (including phenoxy) is 1.